The summed E-state index contributed by atoms with van der Waals surface area (Å²) in [6.07, 6.45) is 1.53. The fourth-order valence-corrected chi connectivity index (χ4v) is 2.94. The van der Waals surface area contributed by atoms with E-state index in [1.807, 2.05) is 24.3 Å². The van der Waals surface area contributed by atoms with Crippen LogP contribution in [0.2, 0.25) is 0 Å². The number of hydrogen-bond donors (Lipinski definition) is 0. The van der Waals surface area contributed by atoms with E-state index in [1.54, 1.807) is 4.90 Å². The minimum absolute atomic E-state index is 0.0616. The third-order valence-corrected chi connectivity index (χ3v) is 3.89. The molecule has 19 heavy (non-hydrogen) atoms. The first-order valence-electron chi connectivity index (χ1n) is 6.73. The Bertz CT molecular complexity index is 643. The number of para-hydroxylation sites is 2. The van der Waals surface area contributed by atoms with Crippen molar-refractivity contribution >= 4 is 22.9 Å². The average molecular weight is 257 g/mol. The number of rotatable bonds is 1. The maximum Gasteiger partial charge on any atom is 0.258 e. The van der Waals surface area contributed by atoms with Crippen LogP contribution in [0.5, 0.6) is 0 Å². The summed E-state index contributed by atoms with van der Waals surface area (Å²) in [7, 11) is 0. The van der Waals surface area contributed by atoms with Crippen LogP contribution in [0.4, 0.5) is 5.95 Å². The number of ether oxygens (including phenoxy) is 1. The van der Waals surface area contributed by atoms with Gasteiger partial charge in [0.25, 0.3) is 5.91 Å². The van der Waals surface area contributed by atoms with Gasteiger partial charge in [0.2, 0.25) is 5.95 Å². The van der Waals surface area contributed by atoms with Gasteiger partial charge in [-0.2, -0.15) is 0 Å². The molecule has 5 nitrogen and oxygen atoms in total. The van der Waals surface area contributed by atoms with Crippen molar-refractivity contribution in [1.82, 2.24) is 9.55 Å². The lowest BCUT2D eigenvalue weighted by Gasteiger charge is -2.17. The van der Waals surface area contributed by atoms with Crippen LogP contribution in [-0.4, -0.2) is 34.7 Å². The van der Waals surface area contributed by atoms with Crippen LogP contribution < -0.4 is 4.90 Å². The maximum absolute atomic E-state index is 12.4. The minimum atomic E-state index is -0.272. The number of imidazole rings is 1. The van der Waals surface area contributed by atoms with Gasteiger partial charge in [0.1, 0.15) is 6.10 Å². The van der Waals surface area contributed by atoms with E-state index in [-0.39, 0.29) is 12.0 Å². The SMILES string of the molecule is O=C(C1CCCO1)N1CCn2c1nc1ccccc12. The zero-order chi connectivity index (χ0) is 12.8. The molecule has 0 spiro atoms. The first kappa shape index (κ1) is 11.0. The molecular weight excluding hydrogens is 242 g/mol. The van der Waals surface area contributed by atoms with Crippen LogP contribution in [0.25, 0.3) is 11.0 Å². The molecule has 98 valence electrons. The summed E-state index contributed by atoms with van der Waals surface area (Å²) >= 11 is 0. The topological polar surface area (TPSA) is 47.4 Å². The van der Waals surface area contributed by atoms with Gasteiger partial charge in [-0.3, -0.25) is 9.69 Å². The van der Waals surface area contributed by atoms with Crippen molar-refractivity contribution in [1.29, 1.82) is 0 Å². The van der Waals surface area contributed by atoms with Crippen molar-refractivity contribution in [3.05, 3.63) is 24.3 Å². The van der Waals surface area contributed by atoms with Gasteiger partial charge in [-0.1, -0.05) is 12.1 Å². The molecule has 1 fully saturated rings. The lowest BCUT2D eigenvalue weighted by Crippen LogP contribution is -2.38. The van der Waals surface area contributed by atoms with Gasteiger partial charge < -0.3 is 9.30 Å². The van der Waals surface area contributed by atoms with Gasteiger partial charge in [0, 0.05) is 19.7 Å². The number of carbonyl (C=O) groups is 1. The van der Waals surface area contributed by atoms with Crippen LogP contribution >= 0.6 is 0 Å². The highest BCUT2D eigenvalue weighted by atomic mass is 16.5. The molecule has 0 radical (unpaired) electrons. The van der Waals surface area contributed by atoms with Gasteiger partial charge >= 0.3 is 0 Å². The number of carbonyl (C=O) groups excluding carboxylic acids is 1. The van der Waals surface area contributed by atoms with E-state index in [0.717, 1.165) is 36.4 Å². The number of amides is 1. The standard InChI is InChI=1S/C14H15N3O2/c18-13(12-6-3-9-19-12)17-8-7-16-11-5-2-1-4-10(11)15-14(16)17/h1-2,4-5,12H,3,6-9H2. The highest BCUT2D eigenvalue weighted by Crippen LogP contribution is 2.28. The predicted octanol–water partition coefficient (Wildman–Crippen LogP) is 1.56. The van der Waals surface area contributed by atoms with E-state index >= 15 is 0 Å². The Morgan fingerprint density at radius 1 is 1.32 bits per heavy atom. The van der Waals surface area contributed by atoms with E-state index in [1.165, 1.54) is 0 Å². The summed E-state index contributed by atoms with van der Waals surface area (Å²) in [6, 6.07) is 8.00. The number of benzene rings is 1. The minimum Gasteiger partial charge on any atom is -0.368 e. The summed E-state index contributed by atoms with van der Waals surface area (Å²) in [4.78, 5) is 18.8. The first-order chi connectivity index (χ1) is 9.34. The molecule has 2 aliphatic heterocycles. The Kier molecular flexibility index (Phi) is 2.35. The molecule has 0 bridgehead atoms. The molecule has 3 heterocycles. The first-order valence-corrected chi connectivity index (χ1v) is 6.73. The monoisotopic (exact) mass is 257 g/mol. The van der Waals surface area contributed by atoms with Crippen LogP contribution in [0.3, 0.4) is 0 Å². The van der Waals surface area contributed by atoms with E-state index in [2.05, 4.69) is 9.55 Å². The Morgan fingerprint density at radius 2 is 2.21 bits per heavy atom. The molecule has 1 saturated heterocycles. The normalized spacial score (nSPS) is 22.1. The third-order valence-electron chi connectivity index (χ3n) is 3.89. The number of aromatic nitrogens is 2. The second-order valence-electron chi connectivity index (χ2n) is 5.04. The lowest BCUT2D eigenvalue weighted by atomic mass is 10.2. The molecule has 0 aliphatic carbocycles. The van der Waals surface area contributed by atoms with Gasteiger partial charge in [-0.05, 0) is 25.0 Å². The van der Waals surface area contributed by atoms with Crippen LogP contribution in [0.1, 0.15) is 12.8 Å². The summed E-state index contributed by atoms with van der Waals surface area (Å²) in [5, 5.41) is 0. The summed E-state index contributed by atoms with van der Waals surface area (Å²) < 4.78 is 7.60. The van der Waals surface area contributed by atoms with Gasteiger partial charge in [0.05, 0.1) is 11.0 Å². The summed E-state index contributed by atoms with van der Waals surface area (Å²) in [5.74, 6) is 0.827. The lowest BCUT2D eigenvalue weighted by molar-refractivity contribution is -0.127. The van der Waals surface area contributed by atoms with Crippen LogP contribution in [0, 0.1) is 0 Å². The highest BCUT2D eigenvalue weighted by Gasteiger charge is 2.34. The summed E-state index contributed by atoms with van der Waals surface area (Å²) in [5.41, 5.74) is 2.04. The second-order valence-corrected chi connectivity index (χ2v) is 5.04. The Morgan fingerprint density at radius 3 is 3.05 bits per heavy atom. The van der Waals surface area contributed by atoms with Gasteiger partial charge in [-0.25, -0.2) is 4.98 Å². The third kappa shape index (κ3) is 1.58. The molecule has 5 heteroatoms. The van der Waals surface area contributed by atoms with Crippen LogP contribution in [0.15, 0.2) is 24.3 Å². The number of fused-ring (bicyclic) bond motifs is 3. The predicted molar refractivity (Wildman–Crippen MR) is 71.1 cm³/mol. The Labute approximate surface area is 110 Å². The van der Waals surface area contributed by atoms with E-state index in [0.29, 0.717) is 13.2 Å². The molecule has 0 N–H and O–H groups in total. The molecule has 2 aromatic rings. The van der Waals surface area contributed by atoms with E-state index in [9.17, 15) is 4.79 Å². The molecule has 1 aromatic carbocycles. The second kappa shape index (κ2) is 4.06. The van der Waals surface area contributed by atoms with Gasteiger partial charge in [-0.15, -0.1) is 0 Å². The smallest absolute Gasteiger partial charge is 0.258 e. The van der Waals surface area contributed by atoms with E-state index in [4.69, 9.17) is 4.74 Å². The van der Waals surface area contributed by atoms with E-state index < -0.39 is 0 Å². The molecule has 1 unspecified atom stereocenters. The Hall–Kier alpha value is -1.88. The molecule has 1 aromatic heterocycles. The van der Waals surface area contributed by atoms with Crippen molar-refractivity contribution in [3.8, 4) is 0 Å². The van der Waals surface area contributed by atoms with Crippen molar-refractivity contribution in [2.24, 2.45) is 0 Å². The van der Waals surface area contributed by atoms with Crippen molar-refractivity contribution in [2.75, 3.05) is 18.1 Å². The zero-order valence-electron chi connectivity index (χ0n) is 10.6. The molecule has 2 aliphatic rings. The Balaban J connectivity index is 1.73. The largest absolute Gasteiger partial charge is 0.368 e. The number of anilines is 1. The van der Waals surface area contributed by atoms with Crippen molar-refractivity contribution in [2.45, 2.75) is 25.5 Å². The molecule has 4 rings (SSSR count). The number of hydrogen-bond acceptors (Lipinski definition) is 3. The number of nitrogens with zero attached hydrogens (tertiary/aromatic N) is 3. The quantitative estimate of drug-likeness (QED) is 0.779. The molecular formula is C14H15N3O2. The van der Waals surface area contributed by atoms with Gasteiger partial charge in [0.15, 0.2) is 0 Å². The van der Waals surface area contributed by atoms with Crippen LogP contribution in [-0.2, 0) is 16.1 Å². The average Bonchev–Trinajstić information content (AvgIpc) is 3.14. The summed E-state index contributed by atoms with van der Waals surface area (Å²) in [6.45, 7) is 2.21. The van der Waals surface area contributed by atoms with Crippen molar-refractivity contribution in [3.63, 3.8) is 0 Å². The fourth-order valence-electron chi connectivity index (χ4n) is 2.94. The zero-order valence-corrected chi connectivity index (χ0v) is 10.6. The maximum atomic E-state index is 12.4. The van der Waals surface area contributed by atoms with Crippen molar-refractivity contribution < 1.29 is 9.53 Å². The molecule has 0 saturated carbocycles. The molecule has 1 amide bonds. The fraction of sp³-hybridized carbons (Fsp3) is 0.429. The molecule has 1 atom stereocenters. The highest BCUT2D eigenvalue weighted by molar-refractivity contribution is 5.97.